The largest absolute Gasteiger partial charge is 0.424 e. The van der Waals surface area contributed by atoms with E-state index < -0.39 is 11.2 Å². The van der Waals surface area contributed by atoms with E-state index in [4.69, 9.17) is 4.74 Å². The Morgan fingerprint density at radius 1 is 1.00 bits per heavy atom. The molecule has 0 bridgehead atoms. The first-order valence-corrected chi connectivity index (χ1v) is 10.2. The molecule has 4 aromatic rings. The van der Waals surface area contributed by atoms with Crippen LogP contribution < -0.4 is 16.0 Å². The molecule has 0 amide bonds. The molecule has 30 heavy (non-hydrogen) atoms. The molecule has 2 aromatic heterocycles. The predicted molar refractivity (Wildman–Crippen MR) is 119 cm³/mol. The Morgan fingerprint density at radius 3 is 2.47 bits per heavy atom. The van der Waals surface area contributed by atoms with Crippen molar-refractivity contribution in [2.24, 2.45) is 14.1 Å². The number of halogens is 1. The molecule has 0 aliphatic rings. The third-order valence-electron chi connectivity index (χ3n) is 5.02. The minimum Gasteiger partial charge on any atom is -0.424 e. The molecule has 0 saturated carbocycles. The Kier molecular flexibility index (Phi) is 5.11. The zero-order chi connectivity index (χ0) is 21.6. The third-order valence-corrected chi connectivity index (χ3v) is 5.68. The van der Waals surface area contributed by atoms with Crippen molar-refractivity contribution in [3.8, 4) is 11.8 Å². The fourth-order valence-electron chi connectivity index (χ4n) is 3.43. The predicted octanol–water partition coefficient (Wildman–Crippen LogP) is 3.65. The van der Waals surface area contributed by atoms with Crippen LogP contribution >= 0.6 is 15.9 Å². The van der Waals surface area contributed by atoms with Crippen molar-refractivity contribution < 1.29 is 4.74 Å². The van der Waals surface area contributed by atoms with Crippen LogP contribution in [-0.2, 0) is 20.6 Å². The van der Waals surface area contributed by atoms with Gasteiger partial charge in [-0.05, 0) is 53.0 Å². The van der Waals surface area contributed by atoms with Crippen molar-refractivity contribution in [3.05, 3.63) is 84.5 Å². The van der Waals surface area contributed by atoms with Gasteiger partial charge in [-0.25, -0.2) is 4.79 Å². The molecule has 2 heterocycles. The number of ether oxygens (including phenoxy) is 1. The highest BCUT2D eigenvalue weighted by Gasteiger charge is 2.21. The second-order valence-corrected chi connectivity index (χ2v) is 8.24. The Labute approximate surface area is 181 Å². The third kappa shape index (κ3) is 3.47. The SMILES string of the molecule is Cc1cccc(Cn2c(Oc3cc(C)ccc3Br)nc3c2c(=O)n(C)c(=O)n3C)c1. The number of rotatable bonds is 4. The standard InChI is InChI=1S/C22H21BrN4O3/c1-13-6-5-7-15(10-13)12-27-18-19(25(3)22(29)26(4)20(18)28)24-21(27)30-17-11-14(2)8-9-16(17)23/h5-11H,12H2,1-4H3. The van der Waals surface area contributed by atoms with E-state index >= 15 is 0 Å². The topological polar surface area (TPSA) is 71.1 Å². The molecule has 0 fully saturated rings. The molecule has 0 radical (unpaired) electrons. The average Bonchev–Trinajstić information content (AvgIpc) is 3.05. The van der Waals surface area contributed by atoms with Gasteiger partial charge in [0.15, 0.2) is 11.2 Å². The van der Waals surface area contributed by atoms with Crippen LogP contribution in [0, 0.1) is 13.8 Å². The molecule has 0 N–H and O–H groups in total. The van der Waals surface area contributed by atoms with Crippen LogP contribution in [0.2, 0.25) is 0 Å². The number of imidazole rings is 1. The van der Waals surface area contributed by atoms with Crippen LogP contribution in [0.15, 0.2) is 56.5 Å². The molecule has 0 saturated heterocycles. The molecular formula is C22H21BrN4O3. The maximum Gasteiger partial charge on any atom is 0.332 e. The summed E-state index contributed by atoms with van der Waals surface area (Å²) in [7, 11) is 3.06. The summed E-state index contributed by atoms with van der Waals surface area (Å²) >= 11 is 3.50. The fraction of sp³-hybridized carbons (Fsp3) is 0.227. The first-order chi connectivity index (χ1) is 14.3. The van der Waals surface area contributed by atoms with E-state index in [1.54, 1.807) is 11.6 Å². The minimum atomic E-state index is -0.434. The number of fused-ring (bicyclic) bond motifs is 1. The van der Waals surface area contributed by atoms with Crippen LogP contribution in [-0.4, -0.2) is 18.7 Å². The quantitative estimate of drug-likeness (QED) is 0.458. The number of hydrogen-bond donors (Lipinski definition) is 0. The van der Waals surface area contributed by atoms with Gasteiger partial charge < -0.3 is 4.74 Å². The van der Waals surface area contributed by atoms with Gasteiger partial charge in [0.1, 0.15) is 5.75 Å². The maximum atomic E-state index is 13.0. The monoisotopic (exact) mass is 468 g/mol. The highest BCUT2D eigenvalue weighted by molar-refractivity contribution is 9.10. The average molecular weight is 469 g/mol. The van der Waals surface area contributed by atoms with Gasteiger partial charge in [0, 0.05) is 14.1 Å². The van der Waals surface area contributed by atoms with Gasteiger partial charge in [-0.1, -0.05) is 35.9 Å². The highest BCUT2D eigenvalue weighted by atomic mass is 79.9. The summed E-state index contributed by atoms with van der Waals surface area (Å²) < 4.78 is 11.1. The van der Waals surface area contributed by atoms with Crippen LogP contribution in [0.5, 0.6) is 11.8 Å². The van der Waals surface area contributed by atoms with Gasteiger partial charge in [0.25, 0.3) is 5.56 Å². The van der Waals surface area contributed by atoms with E-state index in [0.717, 1.165) is 25.7 Å². The molecule has 0 aliphatic heterocycles. The lowest BCUT2D eigenvalue weighted by Crippen LogP contribution is -2.37. The fourth-order valence-corrected chi connectivity index (χ4v) is 3.76. The Balaban J connectivity index is 1.97. The lowest BCUT2D eigenvalue weighted by atomic mass is 10.1. The Morgan fingerprint density at radius 2 is 1.73 bits per heavy atom. The molecule has 0 spiro atoms. The number of aromatic nitrogens is 4. The molecule has 0 unspecified atom stereocenters. The van der Waals surface area contributed by atoms with E-state index in [9.17, 15) is 9.59 Å². The molecule has 0 aliphatic carbocycles. The van der Waals surface area contributed by atoms with Crippen LogP contribution in [0.4, 0.5) is 0 Å². The zero-order valence-electron chi connectivity index (χ0n) is 17.1. The number of aryl methyl sites for hydroxylation is 3. The summed E-state index contributed by atoms with van der Waals surface area (Å²) in [4.78, 5) is 29.9. The van der Waals surface area contributed by atoms with E-state index in [2.05, 4.69) is 20.9 Å². The molecule has 0 atom stereocenters. The summed E-state index contributed by atoms with van der Waals surface area (Å²) in [5, 5.41) is 0. The van der Waals surface area contributed by atoms with Gasteiger partial charge in [-0.3, -0.25) is 18.5 Å². The minimum absolute atomic E-state index is 0.246. The van der Waals surface area contributed by atoms with Crippen molar-refractivity contribution in [2.45, 2.75) is 20.4 Å². The van der Waals surface area contributed by atoms with Gasteiger partial charge in [0.2, 0.25) is 0 Å². The summed E-state index contributed by atoms with van der Waals surface area (Å²) in [6.45, 7) is 4.36. The molecule has 2 aromatic carbocycles. The smallest absolute Gasteiger partial charge is 0.332 e. The summed E-state index contributed by atoms with van der Waals surface area (Å²) in [5.74, 6) is 0.581. The maximum absolute atomic E-state index is 13.0. The second-order valence-electron chi connectivity index (χ2n) is 7.38. The van der Waals surface area contributed by atoms with Crippen molar-refractivity contribution in [1.29, 1.82) is 0 Å². The van der Waals surface area contributed by atoms with Crippen LogP contribution in [0.25, 0.3) is 11.2 Å². The Hall–Kier alpha value is -3.13. The second kappa shape index (κ2) is 7.60. The van der Waals surface area contributed by atoms with E-state index in [1.165, 1.54) is 11.6 Å². The molecule has 8 heteroatoms. The van der Waals surface area contributed by atoms with Crippen molar-refractivity contribution in [2.75, 3.05) is 0 Å². The van der Waals surface area contributed by atoms with Crippen molar-refractivity contribution >= 4 is 27.1 Å². The highest BCUT2D eigenvalue weighted by Crippen LogP contribution is 2.31. The lowest BCUT2D eigenvalue weighted by Gasteiger charge is -2.12. The molecule has 154 valence electrons. The van der Waals surface area contributed by atoms with Gasteiger partial charge in [-0.2, -0.15) is 4.98 Å². The zero-order valence-corrected chi connectivity index (χ0v) is 18.7. The number of hydrogen-bond acceptors (Lipinski definition) is 4. The summed E-state index contributed by atoms with van der Waals surface area (Å²) in [6, 6.07) is 14.0. The molecular weight excluding hydrogens is 448 g/mol. The molecule has 7 nitrogen and oxygen atoms in total. The van der Waals surface area contributed by atoms with E-state index in [1.807, 2.05) is 56.3 Å². The van der Waals surface area contributed by atoms with E-state index in [-0.39, 0.29) is 11.7 Å². The first-order valence-electron chi connectivity index (χ1n) is 9.42. The number of nitrogens with zero attached hydrogens (tertiary/aromatic N) is 4. The molecule has 4 rings (SSSR count). The normalized spacial score (nSPS) is 11.2. The van der Waals surface area contributed by atoms with Gasteiger partial charge >= 0.3 is 11.7 Å². The summed E-state index contributed by atoms with van der Waals surface area (Å²) in [5.41, 5.74) is 2.90. The van der Waals surface area contributed by atoms with Gasteiger partial charge in [-0.15, -0.1) is 0 Å². The van der Waals surface area contributed by atoms with Crippen LogP contribution in [0.1, 0.15) is 16.7 Å². The first kappa shape index (κ1) is 20.2. The van der Waals surface area contributed by atoms with Crippen molar-refractivity contribution in [3.63, 3.8) is 0 Å². The van der Waals surface area contributed by atoms with Gasteiger partial charge in [0.05, 0.1) is 11.0 Å². The van der Waals surface area contributed by atoms with Crippen molar-refractivity contribution in [1.82, 2.24) is 18.7 Å². The van der Waals surface area contributed by atoms with Crippen LogP contribution in [0.3, 0.4) is 0 Å². The van der Waals surface area contributed by atoms with E-state index in [0.29, 0.717) is 17.8 Å². The Bertz CT molecular complexity index is 1400. The summed E-state index contributed by atoms with van der Waals surface area (Å²) in [6.07, 6.45) is 0. The number of benzene rings is 2. The lowest BCUT2D eigenvalue weighted by molar-refractivity contribution is 0.418.